The molecule has 126 valence electrons. The lowest BCUT2D eigenvalue weighted by Crippen LogP contribution is -2.29. The van der Waals surface area contributed by atoms with E-state index in [0.29, 0.717) is 12.2 Å². The molecule has 24 heavy (non-hydrogen) atoms. The van der Waals surface area contributed by atoms with E-state index in [9.17, 15) is 19.8 Å². The van der Waals surface area contributed by atoms with Crippen LogP contribution in [0, 0.1) is 0 Å². The molecule has 2 aromatic rings. The SMILES string of the molecule is O=C(O)c1cn([C@H]2CCCC[C@@H]2O)cc(Oc2ccccc2)c1=O. The lowest BCUT2D eigenvalue weighted by molar-refractivity contribution is 0.0675. The average molecular weight is 329 g/mol. The maximum absolute atomic E-state index is 12.3. The first-order valence-electron chi connectivity index (χ1n) is 7.96. The lowest BCUT2D eigenvalue weighted by atomic mass is 9.92. The number of hydrogen-bond acceptors (Lipinski definition) is 4. The molecule has 2 N–H and O–H groups in total. The number of pyridine rings is 1. The number of para-hydroxylation sites is 1. The Bertz CT molecular complexity index is 784. The Hall–Kier alpha value is -2.60. The van der Waals surface area contributed by atoms with Crippen molar-refractivity contribution in [2.24, 2.45) is 0 Å². The van der Waals surface area contributed by atoms with Gasteiger partial charge in [-0.3, -0.25) is 4.79 Å². The molecule has 0 saturated heterocycles. The molecule has 6 nitrogen and oxygen atoms in total. The van der Waals surface area contributed by atoms with Gasteiger partial charge in [-0.15, -0.1) is 0 Å². The zero-order valence-corrected chi connectivity index (χ0v) is 13.1. The van der Waals surface area contributed by atoms with Crippen LogP contribution in [0.3, 0.4) is 0 Å². The van der Waals surface area contributed by atoms with Gasteiger partial charge in [-0.2, -0.15) is 0 Å². The van der Waals surface area contributed by atoms with Gasteiger partial charge in [0.2, 0.25) is 5.43 Å². The van der Waals surface area contributed by atoms with Gasteiger partial charge in [-0.1, -0.05) is 31.0 Å². The number of aliphatic hydroxyl groups excluding tert-OH is 1. The summed E-state index contributed by atoms with van der Waals surface area (Å²) in [7, 11) is 0. The van der Waals surface area contributed by atoms with Gasteiger partial charge >= 0.3 is 5.97 Å². The van der Waals surface area contributed by atoms with Crippen molar-refractivity contribution in [3.8, 4) is 11.5 Å². The summed E-state index contributed by atoms with van der Waals surface area (Å²) < 4.78 is 7.19. The minimum atomic E-state index is -1.31. The summed E-state index contributed by atoms with van der Waals surface area (Å²) in [5, 5.41) is 19.5. The minimum absolute atomic E-state index is 0.0566. The van der Waals surface area contributed by atoms with Crippen LogP contribution in [0.4, 0.5) is 0 Å². The predicted octanol–water partition coefficient (Wildman–Crippen LogP) is 2.81. The molecule has 1 saturated carbocycles. The highest BCUT2D eigenvalue weighted by Crippen LogP contribution is 2.30. The summed E-state index contributed by atoms with van der Waals surface area (Å²) in [6.07, 6.45) is 5.50. The fourth-order valence-corrected chi connectivity index (χ4v) is 3.04. The number of carboxylic acid groups (broad SMARTS) is 1. The van der Waals surface area contributed by atoms with E-state index in [1.807, 2.05) is 6.07 Å². The van der Waals surface area contributed by atoms with Gasteiger partial charge < -0.3 is 19.5 Å². The molecule has 0 radical (unpaired) electrons. The molecule has 0 bridgehead atoms. The van der Waals surface area contributed by atoms with Crippen molar-refractivity contribution in [1.29, 1.82) is 0 Å². The third kappa shape index (κ3) is 3.33. The molecule has 1 aliphatic rings. The number of carboxylic acids is 1. The summed E-state index contributed by atoms with van der Waals surface area (Å²) in [5.41, 5.74) is -1.03. The second-order valence-corrected chi connectivity index (χ2v) is 5.95. The highest BCUT2D eigenvalue weighted by atomic mass is 16.5. The van der Waals surface area contributed by atoms with Gasteiger partial charge in [-0.25, -0.2) is 4.79 Å². The molecule has 1 aromatic heterocycles. The second-order valence-electron chi connectivity index (χ2n) is 5.95. The molecule has 1 aromatic carbocycles. The van der Waals surface area contributed by atoms with Crippen molar-refractivity contribution in [3.63, 3.8) is 0 Å². The van der Waals surface area contributed by atoms with Crippen LogP contribution in [0.2, 0.25) is 0 Å². The molecular formula is C18H19NO5. The first-order chi connectivity index (χ1) is 11.6. The van der Waals surface area contributed by atoms with Gasteiger partial charge in [-0.05, 0) is 25.0 Å². The van der Waals surface area contributed by atoms with Crippen LogP contribution in [0.5, 0.6) is 11.5 Å². The maximum Gasteiger partial charge on any atom is 0.341 e. The zero-order chi connectivity index (χ0) is 17.1. The summed E-state index contributed by atoms with van der Waals surface area (Å²) in [5.74, 6) is -0.913. The van der Waals surface area contributed by atoms with E-state index >= 15 is 0 Å². The van der Waals surface area contributed by atoms with Crippen LogP contribution in [0.25, 0.3) is 0 Å². The van der Waals surface area contributed by atoms with Crippen LogP contribution in [0.1, 0.15) is 42.1 Å². The minimum Gasteiger partial charge on any atom is -0.477 e. The van der Waals surface area contributed by atoms with E-state index in [2.05, 4.69) is 0 Å². The zero-order valence-electron chi connectivity index (χ0n) is 13.1. The Balaban J connectivity index is 2.04. The summed E-state index contributed by atoms with van der Waals surface area (Å²) >= 11 is 0. The van der Waals surface area contributed by atoms with Crippen LogP contribution in [-0.2, 0) is 0 Å². The Kier molecular flexibility index (Phi) is 4.66. The van der Waals surface area contributed by atoms with Crippen molar-refractivity contribution in [2.75, 3.05) is 0 Å². The highest BCUT2D eigenvalue weighted by molar-refractivity contribution is 5.87. The molecule has 3 rings (SSSR count). The van der Waals surface area contributed by atoms with Crippen LogP contribution < -0.4 is 10.2 Å². The van der Waals surface area contributed by atoms with E-state index in [1.54, 1.807) is 28.8 Å². The van der Waals surface area contributed by atoms with E-state index in [0.717, 1.165) is 19.3 Å². The number of aromatic nitrogens is 1. The van der Waals surface area contributed by atoms with Crippen molar-refractivity contribution in [3.05, 3.63) is 58.5 Å². The first kappa shape index (κ1) is 16.3. The van der Waals surface area contributed by atoms with E-state index in [-0.39, 0.29) is 17.4 Å². The predicted molar refractivity (Wildman–Crippen MR) is 87.7 cm³/mol. The Morgan fingerprint density at radius 2 is 1.83 bits per heavy atom. The molecule has 1 fully saturated rings. The molecule has 0 unspecified atom stereocenters. The third-order valence-corrected chi connectivity index (χ3v) is 4.29. The number of carbonyl (C=O) groups is 1. The lowest BCUT2D eigenvalue weighted by Gasteiger charge is -2.30. The van der Waals surface area contributed by atoms with Crippen molar-refractivity contribution in [2.45, 2.75) is 37.8 Å². The van der Waals surface area contributed by atoms with Crippen molar-refractivity contribution in [1.82, 2.24) is 4.57 Å². The van der Waals surface area contributed by atoms with Gasteiger partial charge in [0.1, 0.15) is 11.3 Å². The number of rotatable bonds is 4. The first-order valence-corrected chi connectivity index (χ1v) is 7.96. The van der Waals surface area contributed by atoms with E-state index < -0.39 is 17.5 Å². The molecule has 1 aliphatic carbocycles. The van der Waals surface area contributed by atoms with Crippen LogP contribution in [0.15, 0.2) is 47.5 Å². The van der Waals surface area contributed by atoms with Crippen LogP contribution >= 0.6 is 0 Å². The standard InChI is InChI=1S/C18H19NO5/c20-15-9-5-4-8-14(15)19-10-13(18(22)23)17(21)16(11-19)24-12-6-2-1-3-7-12/h1-3,6-7,10-11,14-15,20H,4-5,8-9H2,(H,22,23)/t14-,15-/m0/s1. The van der Waals surface area contributed by atoms with E-state index in [1.165, 1.54) is 12.4 Å². The molecule has 2 atom stereocenters. The average Bonchev–Trinajstić information content (AvgIpc) is 2.58. The van der Waals surface area contributed by atoms with Gasteiger partial charge in [0.25, 0.3) is 0 Å². The topological polar surface area (TPSA) is 88.8 Å². The smallest absolute Gasteiger partial charge is 0.341 e. The quantitative estimate of drug-likeness (QED) is 0.900. The Morgan fingerprint density at radius 1 is 1.12 bits per heavy atom. The number of aliphatic hydroxyl groups is 1. The number of hydrogen-bond donors (Lipinski definition) is 2. The monoisotopic (exact) mass is 329 g/mol. The third-order valence-electron chi connectivity index (χ3n) is 4.29. The number of aromatic carboxylic acids is 1. The van der Waals surface area contributed by atoms with Crippen molar-refractivity contribution < 1.29 is 19.7 Å². The maximum atomic E-state index is 12.3. The van der Waals surface area contributed by atoms with Crippen molar-refractivity contribution >= 4 is 5.97 Å². The number of benzene rings is 1. The van der Waals surface area contributed by atoms with Gasteiger partial charge in [0.15, 0.2) is 5.75 Å². The fraction of sp³-hybridized carbons (Fsp3) is 0.333. The highest BCUT2D eigenvalue weighted by Gasteiger charge is 2.26. The second kappa shape index (κ2) is 6.88. The summed E-state index contributed by atoms with van der Waals surface area (Å²) in [6.45, 7) is 0. The molecular weight excluding hydrogens is 310 g/mol. The largest absolute Gasteiger partial charge is 0.477 e. The fourth-order valence-electron chi connectivity index (χ4n) is 3.04. The summed E-state index contributed by atoms with van der Waals surface area (Å²) in [4.78, 5) is 23.8. The molecule has 0 spiro atoms. The van der Waals surface area contributed by atoms with Gasteiger partial charge in [0, 0.05) is 6.20 Å². The van der Waals surface area contributed by atoms with E-state index in [4.69, 9.17) is 4.74 Å². The van der Waals surface area contributed by atoms with Gasteiger partial charge in [0.05, 0.1) is 18.3 Å². The Labute approximate surface area is 138 Å². The number of nitrogens with zero attached hydrogens (tertiary/aromatic N) is 1. The molecule has 0 amide bonds. The molecule has 1 heterocycles. The summed E-state index contributed by atoms with van der Waals surface area (Å²) in [6, 6.07) is 8.46. The number of ether oxygens (including phenoxy) is 1. The molecule has 0 aliphatic heterocycles. The Morgan fingerprint density at radius 3 is 2.50 bits per heavy atom. The normalized spacial score (nSPS) is 20.5. The molecule has 6 heteroatoms. The van der Waals surface area contributed by atoms with Crippen LogP contribution in [-0.4, -0.2) is 26.9 Å².